The Morgan fingerprint density at radius 1 is 1.12 bits per heavy atom. The lowest BCUT2D eigenvalue weighted by Crippen LogP contribution is -1.97. The zero-order chi connectivity index (χ0) is 11.3. The summed E-state index contributed by atoms with van der Waals surface area (Å²) in [5.74, 6) is 0.432. The van der Waals surface area contributed by atoms with E-state index in [0.717, 1.165) is 22.2 Å². The fourth-order valence-corrected chi connectivity index (χ4v) is 1.74. The van der Waals surface area contributed by atoms with E-state index in [-0.39, 0.29) is 0 Å². The SMILES string of the molecule is Cc1ccc2nc3nc(N)n(C)c3nc2c1. The lowest BCUT2D eigenvalue weighted by atomic mass is 10.2. The lowest BCUT2D eigenvalue weighted by molar-refractivity contribution is 0.950. The fraction of sp³-hybridized carbons (Fsp3) is 0.182. The molecule has 80 valence electrons. The van der Waals surface area contributed by atoms with Crippen LogP contribution in [0.4, 0.5) is 5.95 Å². The summed E-state index contributed by atoms with van der Waals surface area (Å²) >= 11 is 0. The van der Waals surface area contributed by atoms with Gasteiger partial charge in [0.05, 0.1) is 11.0 Å². The van der Waals surface area contributed by atoms with Crippen molar-refractivity contribution >= 4 is 28.3 Å². The smallest absolute Gasteiger partial charge is 0.203 e. The first-order chi connectivity index (χ1) is 7.65. The van der Waals surface area contributed by atoms with Crippen LogP contribution in [0.2, 0.25) is 0 Å². The van der Waals surface area contributed by atoms with Crippen LogP contribution in [-0.2, 0) is 7.05 Å². The van der Waals surface area contributed by atoms with Crippen molar-refractivity contribution in [2.45, 2.75) is 6.92 Å². The highest BCUT2D eigenvalue weighted by molar-refractivity contribution is 5.84. The van der Waals surface area contributed by atoms with Gasteiger partial charge in [-0.25, -0.2) is 9.97 Å². The Hall–Kier alpha value is -2.17. The molecule has 3 aromatic rings. The van der Waals surface area contributed by atoms with Crippen molar-refractivity contribution in [2.24, 2.45) is 7.05 Å². The number of nitrogens with zero attached hydrogens (tertiary/aromatic N) is 4. The Labute approximate surface area is 91.9 Å². The fourth-order valence-electron chi connectivity index (χ4n) is 1.74. The molecule has 0 aliphatic rings. The number of hydrogen-bond acceptors (Lipinski definition) is 4. The van der Waals surface area contributed by atoms with Gasteiger partial charge in [-0.05, 0) is 24.6 Å². The summed E-state index contributed by atoms with van der Waals surface area (Å²) in [6, 6.07) is 5.96. The van der Waals surface area contributed by atoms with Crippen LogP contribution in [0, 0.1) is 6.92 Å². The highest BCUT2D eigenvalue weighted by atomic mass is 15.2. The number of imidazole rings is 1. The molecule has 2 aromatic heterocycles. The minimum Gasteiger partial charge on any atom is -0.369 e. The summed E-state index contributed by atoms with van der Waals surface area (Å²) in [4.78, 5) is 13.1. The number of nitrogen functional groups attached to an aromatic ring is 1. The monoisotopic (exact) mass is 213 g/mol. The number of nitrogens with two attached hydrogens (primary N) is 1. The van der Waals surface area contributed by atoms with E-state index < -0.39 is 0 Å². The van der Waals surface area contributed by atoms with Gasteiger partial charge in [0, 0.05) is 7.05 Å². The number of fused-ring (bicyclic) bond motifs is 2. The number of anilines is 1. The van der Waals surface area contributed by atoms with Crippen LogP contribution in [0.5, 0.6) is 0 Å². The van der Waals surface area contributed by atoms with Crippen molar-refractivity contribution in [3.8, 4) is 0 Å². The third-order valence-electron chi connectivity index (χ3n) is 2.67. The minimum absolute atomic E-state index is 0.432. The average molecular weight is 213 g/mol. The molecule has 0 spiro atoms. The van der Waals surface area contributed by atoms with Crippen LogP contribution in [0.15, 0.2) is 18.2 Å². The first-order valence-electron chi connectivity index (χ1n) is 5.01. The summed E-state index contributed by atoms with van der Waals surface area (Å²) in [5.41, 5.74) is 9.91. The molecule has 0 atom stereocenters. The lowest BCUT2D eigenvalue weighted by Gasteiger charge is -1.99. The molecular formula is C11H11N5. The molecule has 0 amide bonds. The summed E-state index contributed by atoms with van der Waals surface area (Å²) in [6.45, 7) is 2.03. The molecule has 3 rings (SSSR count). The predicted molar refractivity (Wildman–Crippen MR) is 63.0 cm³/mol. The van der Waals surface area contributed by atoms with E-state index in [9.17, 15) is 0 Å². The van der Waals surface area contributed by atoms with Gasteiger partial charge in [0.1, 0.15) is 0 Å². The molecule has 0 radical (unpaired) electrons. The number of aromatic nitrogens is 4. The zero-order valence-corrected chi connectivity index (χ0v) is 9.10. The van der Waals surface area contributed by atoms with Gasteiger partial charge >= 0.3 is 0 Å². The maximum atomic E-state index is 5.72. The topological polar surface area (TPSA) is 69.6 Å². The Balaban J connectivity index is 2.49. The van der Waals surface area contributed by atoms with Crippen molar-refractivity contribution < 1.29 is 0 Å². The second kappa shape index (κ2) is 2.91. The van der Waals surface area contributed by atoms with E-state index in [1.807, 2.05) is 32.2 Å². The number of hydrogen-bond donors (Lipinski definition) is 1. The number of aryl methyl sites for hydroxylation is 2. The van der Waals surface area contributed by atoms with Gasteiger partial charge in [-0.3, -0.25) is 4.57 Å². The quantitative estimate of drug-likeness (QED) is 0.613. The molecule has 1 aromatic carbocycles. The maximum Gasteiger partial charge on any atom is 0.203 e. The highest BCUT2D eigenvalue weighted by Crippen LogP contribution is 2.17. The van der Waals surface area contributed by atoms with Crippen LogP contribution in [0.3, 0.4) is 0 Å². The molecule has 16 heavy (non-hydrogen) atoms. The first kappa shape index (κ1) is 9.08. The van der Waals surface area contributed by atoms with Crippen LogP contribution in [0.1, 0.15) is 5.56 Å². The molecule has 5 heteroatoms. The Kier molecular flexibility index (Phi) is 1.65. The molecule has 0 bridgehead atoms. The van der Waals surface area contributed by atoms with Crippen molar-refractivity contribution in [3.05, 3.63) is 23.8 Å². The van der Waals surface area contributed by atoms with Gasteiger partial charge in [-0.15, -0.1) is 0 Å². The molecule has 0 saturated heterocycles. The summed E-state index contributed by atoms with van der Waals surface area (Å²) in [6.07, 6.45) is 0. The van der Waals surface area contributed by atoms with Gasteiger partial charge in [0.15, 0.2) is 11.3 Å². The second-order valence-electron chi connectivity index (χ2n) is 3.89. The molecular weight excluding hydrogens is 202 g/mol. The van der Waals surface area contributed by atoms with E-state index in [1.54, 1.807) is 4.57 Å². The van der Waals surface area contributed by atoms with E-state index in [1.165, 1.54) is 0 Å². The third kappa shape index (κ3) is 1.14. The molecule has 0 unspecified atom stereocenters. The molecule has 2 heterocycles. The molecule has 0 aliphatic heterocycles. The van der Waals surface area contributed by atoms with Crippen LogP contribution < -0.4 is 5.73 Å². The maximum absolute atomic E-state index is 5.72. The van der Waals surface area contributed by atoms with E-state index in [0.29, 0.717) is 11.6 Å². The van der Waals surface area contributed by atoms with Crippen LogP contribution in [0.25, 0.3) is 22.3 Å². The normalized spacial score (nSPS) is 11.4. The van der Waals surface area contributed by atoms with E-state index in [4.69, 9.17) is 5.73 Å². The van der Waals surface area contributed by atoms with E-state index >= 15 is 0 Å². The summed E-state index contributed by atoms with van der Waals surface area (Å²) < 4.78 is 1.74. The molecule has 5 nitrogen and oxygen atoms in total. The van der Waals surface area contributed by atoms with Crippen LogP contribution >= 0.6 is 0 Å². The largest absolute Gasteiger partial charge is 0.369 e. The zero-order valence-electron chi connectivity index (χ0n) is 9.10. The Bertz CT molecular complexity index is 698. The van der Waals surface area contributed by atoms with Gasteiger partial charge < -0.3 is 5.73 Å². The molecule has 2 N–H and O–H groups in total. The van der Waals surface area contributed by atoms with Gasteiger partial charge in [-0.1, -0.05) is 6.07 Å². The van der Waals surface area contributed by atoms with Crippen molar-refractivity contribution in [3.63, 3.8) is 0 Å². The number of rotatable bonds is 0. The molecule has 0 fully saturated rings. The van der Waals surface area contributed by atoms with Gasteiger partial charge in [0.2, 0.25) is 5.95 Å². The van der Waals surface area contributed by atoms with Crippen molar-refractivity contribution in [1.82, 2.24) is 19.5 Å². The summed E-state index contributed by atoms with van der Waals surface area (Å²) in [5, 5.41) is 0. The average Bonchev–Trinajstić information content (AvgIpc) is 2.52. The number of benzene rings is 1. The van der Waals surface area contributed by atoms with Gasteiger partial charge in [-0.2, -0.15) is 4.98 Å². The highest BCUT2D eigenvalue weighted by Gasteiger charge is 2.09. The second-order valence-corrected chi connectivity index (χ2v) is 3.89. The molecule has 0 aliphatic carbocycles. The van der Waals surface area contributed by atoms with E-state index in [2.05, 4.69) is 15.0 Å². The van der Waals surface area contributed by atoms with Crippen molar-refractivity contribution in [1.29, 1.82) is 0 Å². The predicted octanol–water partition coefficient (Wildman–Crippen LogP) is 1.41. The Morgan fingerprint density at radius 3 is 2.75 bits per heavy atom. The Morgan fingerprint density at radius 2 is 1.94 bits per heavy atom. The minimum atomic E-state index is 0.432. The first-order valence-corrected chi connectivity index (χ1v) is 5.01. The standard InChI is InChI=1S/C11H11N5/c1-6-3-4-7-8(5-6)14-10-9(13-7)15-11(12)16(10)2/h3-5H,1-2H3,(H2,12,13,15). The van der Waals surface area contributed by atoms with Crippen LogP contribution in [-0.4, -0.2) is 19.5 Å². The van der Waals surface area contributed by atoms with Crippen molar-refractivity contribution in [2.75, 3.05) is 5.73 Å². The third-order valence-corrected chi connectivity index (χ3v) is 2.67. The van der Waals surface area contributed by atoms with Gasteiger partial charge in [0.25, 0.3) is 0 Å². The summed E-state index contributed by atoms with van der Waals surface area (Å²) in [7, 11) is 1.83. The molecule has 0 saturated carbocycles.